The summed E-state index contributed by atoms with van der Waals surface area (Å²) in [7, 11) is 0. The molecule has 0 unspecified atom stereocenters. The summed E-state index contributed by atoms with van der Waals surface area (Å²) in [5.41, 5.74) is 9.03. The van der Waals surface area contributed by atoms with Crippen LogP contribution < -0.4 is 0 Å². The van der Waals surface area contributed by atoms with Crippen molar-refractivity contribution in [3.8, 4) is 45.0 Å². The number of nitrogens with zero attached hydrogens (tertiary/aromatic N) is 3. The van der Waals surface area contributed by atoms with Crippen LogP contribution in [0.5, 0.6) is 0 Å². The van der Waals surface area contributed by atoms with Gasteiger partial charge in [0.1, 0.15) is 5.58 Å². The van der Waals surface area contributed by atoms with Gasteiger partial charge in [-0.3, -0.25) is 0 Å². The second kappa shape index (κ2) is 13.6. The number of pyridine rings is 3. The van der Waals surface area contributed by atoms with E-state index in [1.807, 2.05) is 91.0 Å². The standard InChI is InChI=1S/C28H17N2O.C12H10N.Ir/c1-3-10-19(11-4-1)24-18-25-26(27(30-24)20-12-5-2-6-13-20)22-15-9-14-21(28(22)31-25)23-16-7-8-17-29-23;1-10-7-8-12(13-9-10)11-5-3-2-4-6-11;/h1-13,15-18H;2-5,7-9H,1H3;/q2*-1;/i;1D3;. The number of aryl methyl sites for hydroxylation is 1. The van der Waals surface area contributed by atoms with Crippen LogP contribution in [0.25, 0.3) is 67.0 Å². The maximum Gasteiger partial charge on any atom is 0.125 e. The van der Waals surface area contributed by atoms with Crippen molar-refractivity contribution < 1.29 is 28.6 Å². The molecule has 0 bridgehead atoms. The molecule has 4 nitrogen and oxygen atoms in total. The van der Waals surface area contributed by atoms with Gasteiger partial charge in [-0.15, -0.1) is 54.1 Å². The topological polar surface area (TPSA) is 51.8 Å². The number of hydrogen-bond donors (Lipinski definition) is 0. The molecular formula is C40H27IrN3O-2. The van der Waals surface area contributed by atoms with Gasteiger partial charge in [-0.2, -0.15) is 0 Å². The molecule has 0 aliphatic carbocycles. The van der Waals surface area contributed by atoms with Crippen LogP contribution >= 0.6 is 0 Å². The maximum absolute atomic E-state index is 7.23. The molecule has 8 aromatic rings. The molecule has 0 saturated heterocycles. The van der Waals surface area contributed by atoms with Gasteiger partial charge in [0.05, 0.1) is 17.0 Å². The summed E-state index contributed by atoms with van der Waals surface area (Å²) >= 11 is 0. The zero-order chi connectivity index (χ0) is 32.2. The summed E-state index contributed by atoms with van der Waals surface area (Å²) in [5.74, 6) is 0. The summed E-state index contributed by atoms with van der Waals surface area (Å²) in [6, 6.07) is 49.4. The van der Waals surface area contributed by atoms with E-state index in [4.69, 9.17) is 13.5 Å². The molecule has 0 amide bonds. The first-order valence-corrected chi connectivity index (χ1v) is 14.2. The zero-order valence-electron chi connectivity index (χ0n) is 26.9. The minimum Gasteiger partial charge on any atom is -0.500 e. The van der Waals surface area contributed by atoms with Crippen LogP contribution in [0.4, 0.5) is 0 Å². The third kappa shape index (κ3) is 6.37. The summed E-state index contributed by atoms with van der Waals surface area (Å²) in [4.78, 5) is 13.7. The molecule has 0 aliphatic rings. The van der Waals surface area contributed by atoms with Gasteiger partial charge in [-0.05, 0) is 29.9 Å². The van der Waals surface area contributed by atoms with Gasteiger partial charge in [0.2, 0.25) is 0 Å². The van der Waals surface area contributed by atoms with Gasteiger partial charge in [0.25, 0.3) is 0 Å². The van der Waals surface area contributed by atoms with E-state index in [1.165, 1.54) is 6.20 Å². The number of rotatable bonds is 4. The Labute approximate surface area is 280 Å². The van der Waals surface area contributed by atoms with E-state index in [9.17, 15) is 0 Å². The Kier molecular flexibility index (Phi) is 7.92. The van der Waals surface area contributed by atoms with Crippen molar-refractivity contribution >= 4 is 21.9 Å². The number of furan rings is 1. The number of benzene rings is 4. The Bertz CT molecular complexity index is 2260. The molecule has 4 aromatic heterocycles. The predicted octanol–water partition coefficient (Wildman–Crippen LogP) is 10.0. The molecule has 0 spiro atoms. The largest absolute Gasteiger partial charge is 0.500 e. The first-order chi connectivity index (χ1) is 23.0. The third-order valence-electron chi connectivity index (χ3n) is 7.20. The molecule has 0 atom stereocenters. The molecule has 5 heteroatoms. The van der Waals surface area contributed by atoms with Crippen LogP contribution in [0, 0.1) is 19.0 Å². The van der Waals surface area contributed by atoms with Crippen molar-refractivity contribution in [1.82, 2.24) is 15.0 Å². The van der Waals surface area contributed by atoms with Crippen molar-refractivity contribution in [1.29, 1.82) is 0 Å². The Morgan fingerprint density at radius 2 is 1.44 bits per heavy atom. The average Bonchev–Trinajstić information content (AvgIpc) is 3.52. The SMILES string of the molecule is [2H]C([2H])([2H])c1ccc(-c2[c-]cccc2)nc1.[Ir].[c-]1ccc2c(oc3cc(-c4ccccc4)nc(-c4ccccc4)c32)c1-c1ccccn1. The van der Waals surface area contributed by atoms with Crippen LogP contribution in [0.2, 0.25) is 0 Å². The third-order valence-corrected chi connectivity index (χ3v) is 7.20. The molecule has 219 valence electrons. The summed E-state index contributed by atoms with van der Waals surface area (Å²) in [6.07, 6.45) is 3.18. The first kappa shape index (κ1) is 26.2. The fourth-order valence-corrected chi connectivity index (χ4v) is 5.13. The maximum atomic E-state index is 7.23. The second-order valence-corrected chi connectivity index (χ2v) is 10.1. The van der Waals surface area contributed by atoms with Crippen LogP contribution in [0.3, 0.4) is 0 Å². The van der Waals surface area contributed by atoms with E-state index >= 15 is 0 Å². The molecule has 8 rings (SSSR count). The molecule has 0 aliphatic heterocycles. The van der Waals surface area contributed by atoms with Crippen molar-refractivity contribution in [2.24, 2.45) is 0 Å². The summed E-state index contributed by atoms with van der Waals surface area (Å²) in [6.45, 7) is -2.09. The number of fused-ring (bicyclic) bond motifs is 3. The van der Waals surface area contributed by atoms with Crippen LogP contribution in [0.1, 0.15) is 9.68 Å². The minimum absolute atomic E-state index is 0. The quantitative estimate of drug-likeness (QED) is 0.168. The monoisotopic (exact) mass is 761 g/mol. The molecular weight excluding hydrogens is 731 g/mol. The van der Waals surface area contributed by atoms with Gasteiger partial charge >= 0.3 is 0 Å². The van der Waals surface area contributed by atoms with Gasteiger partial charge in [0.15, 0.2) is 0 Å². The fourth-order valence-electron chi connectivity index (χ4n) is 5.13. The van der Waals surface area contributed by atoms with E-state index in [1.54, 1.807) is 24.4 Å². The Balaban J connectivity index is 0.000000201. The van der Waals surface area contributed by atoms with E-state index in [0.29, 0.717) is 0 Å². The van der Waals surface area contributed by atoms with Gasteiger partial charge in [0, 0.05) is 59.2 Å². The normalized spacial score (nSPS) is 11.9. The average molecular weight is 761 g/mol. The van der Waals surface area contributed by atoms with E-state index in [-0.39, 0.29) is 25.7 Å². The predicted molar refractivity (Wildman–Crippen MR) is 178 cm³/mol. The molecule has 4 heterocycles. The Morgan fingerprint density at radius 1 is 0.667 bits per heavy atom. The molecule has 0 N–H and O–H groups in total. The minimum atomic E-state index is -2.09. The van der Waals surface area contributed by atoms with Crippen molar-refractivity contribution in [2.75, 3.05) is 0 Å². The number of aromatic nitrogens is 3. The van der Waals surface area contributed by atoms with Crippen LogP contribution in [0.15, 0.2) is 150 Å². The smallest absolute Gasteiger partial charge is 0.125 e. The zero-order valence-corrected chi connectivity index (χ0v) is 26.3. The van der Waals surface area contributed by atoms with Crippen molar-refractivity contribution in [3.63, 3.8) is 0 Å². The first-order valence-electron chi connectivity index (χ1n) is 15.7. The van der Waals surface area contributed by atoms with E-state index in [2.05, 4.69) is 46.4 Å². The second-order valence-electron chi connectivity index (χ2n) is 10.1. The van der Waals surface area contributed by atoms with Crippen molar-refractivity contribution in [2.45, 2.75) is 6.85 Å². The number of hydrogen-bond acceptors (Lipinski definition) is 4. The van der Waals surface area contributed by atoms with Gasteiger partial charge in [-0.1, -0.05) is 95.9 Å². The summed E-state index contributed by atoms with van der Waals surface area (Å²) < 4.78 is 28.2. The van der Waals surface area contributed by atoms with E-state index in [0.717, 1.165) is 67.0 Å². The molecule has 0 fully saturated rings. The van der Waals surface area contributed by atoms with E-state index < -0.39 is 6.85 Å². The molecule has 0 saturated carbocycles. The van der Waals surface area contributed by atoms with Crippen LogP contribution in [-0.2, 0) is 20.1 Å². The molecule has 1 radical (unpaired) electrons. The van der Waals surface area contributed by atoms with Gasteiger partial charge in [-0.25, -0.2) is 4.98 Å². The van der Waals surface area contributed by atoms with Crippen molar-refractivity contribution in [3.05, 3.63) is 164 Å². The molecule has 4 aromatic carbocycles. The Morgan fingerprint density at radius 3 is 2.13 bits per heavy atom. The fraction of sp³-hybridized carbons (Fsp3) is 0.0250. The van der Waals surface area contributed by atoms with Crippen LogP contribution in [-0.4, -0.2) is 15.0 Å². The van der Waals surface area contributed by atoms with Gasteiger partial charge < -0.3 is 14.4 Å². The summed E-state index contributed by atoms with van der Waals surface area (Å²) in [5, 5.41) is 2.02. The molecule has 45 heavy (non-hydrogen) atoms. The Hall–Kier alpha value is -5.22.